The Morgan fingerprint density at radius 3 is 2.41 bits per heavy atom. The average molecular weight is 457 g/mol. The largest absolute Gasteiger partial charge is 0.399 e. The van der Waals surface area contributed by atoms with Crippen LogP contribution in [0.2, 0.25) is 5.02 Å². The zero-order valence-electron chi connectivity index (χ0n) is 18.1. The monoisotopic (exact) mass is 456 g/mol. The number of nitrogens with zero attached hydrogens (tertiary/aromatic N) is 3. The number of nitrogens with two attached hydrogens (primary N) is 1. The predicted octanol–water partition coefficient (Wildman–Crippen LogP) is 3.87. The molecule has 2 aromatic carbocycles. The van der Waals surface area contributed by atoms with Crippen molar-refractivity contribution < 1.29 is 19.3 Å². The third kappa shape index (κ3) is 5.64. The van der Waals surface area contributed by atoms with E-state index in [1.54, 1.807) is 18.2 Å². The van der Waals surface area contributed by atoms with E-state index in [-0.39, 0.29) is 18.2 Å². The molecule has 0 heterocycles. The quantitative estimate of drug-likeness (QED) is 0.432. The summed E-state index contributed by atoms with van der Waals surface area (Å²) < 4.78 is 0. The van der Waals surface area contributed by atoms with Crippen LogP contribution >= 0.6 is 11.6 Å². The molecule has 1 aliphatic carbocycles. The molecule has 9 heteroatoms. The summed E-state index contributed by atoms with van der Waals surface area (Å²) in [4.78, 5) is 27.1. The second-order valence-electron chi connectivity index (χ2n) is 7.25. The molecular formula is C23H25ClN4O4. The van der Waals surface area contributed by atoms with Gasteiger partial charge in [-0.15, -0.1) is 0 Å². The topological polar surface area (TPSA) is 108 Å². The zero-order valence-corrected chi connectivity index (χ0v) is 18.9. The zero-order chi connectivity index (χ0) is 23.1. The second-order valence-corrected chi connectivity index (χ2v) is 7.69. The first-order valence-corrected chi connectivity index (χ1v) is 10.4. The van der Waals surface area contributed by atoms with E-state index in [0.717, 1.165) is 12.1 Å². The first kappa shape index (κ1) is 23.3. The minimum atomic E-state index is -0.699. The fraction of sp³-hybridized carbons (Fsp3) is 0.304. The van der Waals surface area contributed by atoms with Crippen molar-refractivity contribution >= 4 is 34.6 Å². The van der Waals surface area contributed by atoms with E-state index in [1.165, 1.54) is 19.8 Å². The number of carbonyl (C=O) groups excluding carboxylic acids is 1. The van der Waals surface area contributed by atoms with E-state index in [2.05, 4.69) is 15.5 Å². The van der Waals surface area contributed by atoms with E-state index < -0.39 is 5.91 Å². The van der Waals surface area contributed by atoms with E-state index in [4.69, 9.17) is 31.8 Å². The Kier molecular flexibility index (Phi) is 7.83. The summed E-state index contributed by atoms with van der Waals surface area (Å²) >= 11 is 5.99. The maximum Gasteiger partial charge on any atom is 0.271 e. The van der Waals surface area contributed by atoms with Crippen LogP contribution in [0.25, 0.3) is 0 Å². The molecule has 2 atom stereocenters. The van der Waals surface area contributed by atoms with Gasteiger partial charge in [0.15, 0.2) is 5.71 Å². The molecule has 0 saturated heterocycles. The van der Waals surface area contributed by atoms with Gasteiger partial charge in [0, 0.05) is 22.1 Å². The number of rotatable bonds is 10. The second kappa shape index (κ2) is 10.8. The lowest BCUT2D eigenvalue weighted by Gasteiger charge is -2.09. The smallest absolute Gasteiger partial charge is 0.271 e. The molecule has 1 aliphatic rings. The molecule has 0 spiro atoms. The molecule has 0 aromatic heterocycles. The van der Waals surface area contributed by atoms with Gasteiger partial charge in [-0.3, -0.25) is 4.79 Å². The third-order valence-electron chi connectivity index (χ3n) is 5.11. The molecular weight excluding hydrogens is 432 g/mol. The number of benzene rings is 2. The van der Waals surface area contributed by atoms with Crippen LogP contribution in [-0.2, 0) is 25.9 Å². The highest BCUT2D eigenvalue weighted by Crippen LogP contribution is 2.48. The summed E-state index contributed by atoms with van der Waals surface area (Å²) in [5, 5.41) is 12.8. The Bertz CT molecular complexity index is 1050. The number of oxime groups is 3. The molecule has 2 aromatic rings. The van der Waals surface area contributed by atoms with Crippen molar-refractivity contribution in [3.63, 3.8) is 0 Å². The van der Waals surface area contributed by atoms with E-state index in [9.17, 15) is 4.79 Å². The minimum Gasteiger partial charge on any atom is -0.399 e. The van der Waals surface area contributed by atoms with Crippen LogP contribution < -0.4 is 5.73 Å². The molecule has 168 valence electrons. The standard InChI is InChI=1S/C23H25ClN4O4/c1-14(21(27-30-2)20-12-19(20)15-8-10-17(24)11-9-15)26-32-13-16-6-4-5-7-18(16)22(23(25)29)28-31-3/h4-11,19-20H,12-13H2,1-3H3,(H2,25,29)/b26-14+,27-21-,28-22-. The van der Waals surface area contributed by atoms with Gasteiger partial charge in [-0.2, -0.15) is 0 Å². The van der Waals surface area contributed by atoms with E-state index in [1.807, 2.05) is 37.3 Å². The van der Waals surface area contributed by atoms with Gasteiger partial charge in [-0.1, -0.05) is 63.5 Å². The Balaban J connectivity index is 1.71. The van der Waals surface area contributed by atoms with Crippen LogP contribution in [0.3, 0.4) is 0 Å². The Labute approximate surface area is 191 Å². The third-order valence-corrected chi connectivity index (χ3v) is 5.36. The van der Waals surface area contributed by atoms with Gasteiger partial charge in [0.25, 0.3) is 5.91 Å². The highest BCUT2D eigenvalue weighted by Gasteiger charge is 2.43. The molecule has 1 fully saturated rings. The van der Waals surface area contributed by atoms with Crippen molar-refractivity contribution in [3.8, 4) is 0 Å². The van der Waals surface area contributed by atoms with Gasteiger partial charge >= 0.3 is 0 Å². The van der Waals surface area contributed by atoms with Crippen molar-refractivity contribution in [3.05, 3.63) is 70.2 Å². The molecule has 1 amide bonds. The van der Waals surface area contributed by atoms with E-state index >= 15 is 0 Å². The average Bonchev–Trinajstić information content (AvgIpc) is 3.57. The van der Waals surface area contributed by atoms with Crippen LogP contribution in [0.15, 0.2) is 64.0 Å². The molecule has 2 unspecified atom stereocenters. The Morgan fingerprint density at radius 2 is 1.75 bits per heavy atom. The number of primary amides is 1. The SMILES string of the molecule is CO/N=C(\C(N)=O)c1ccccc1CO/N=C(C)/C(=N/OC)C1CC1c1ccc(Cl)cc1. The number of hydrogen-bond donors (Lipinski definition) is 1. The molecule has 0 radical (unpaired) electrons. The lowest BCUT2D eigenvalue weighted by atomic mass is 10.0. The molecule has 8 nitrogen and oxygen atoms in total. The molecule has 32 heavy (non-hydrogen) atoms. The maximum absolute atomic E-state index is 11.7. The highest BCUT2D eigenvalue weighted by molar-refractivity contribution is 6.45. The summed E-state index contributed by atoms with van der Waals surface area (Å²) in [7, 11) is 2.85. The molecule has 1 saturated carbocycles. The van der Waals surface area contributed by atoms with Crippen LogP contribution in [0.4, 0.5) is 0 Å². The van der Waals surface area contributed by atoms with Gasteiger partial charge in [0.2, 0.25) is 0 Å². The molecule has 0 aliphatic heterocycles. The number of amides is 1. The minimum absolute atomic E-state index is 0.0119. The Hall–Kier alpha value is -3.39. The van der Waals surface area contributed by atoms with E-state index in [0.29, 0.717) is 27.8 Å². The number of halogens is 1. The number of carbonyl (C=O) groups is 1. The lowest BCUT2D eigenvalue weighted by molar-refractivity contribution is -0.112. The molecule has 2 N–H and O–H groups in total. The van der Waals surface area contributed by atoms with Crippen LogP contribution in [-0.4, -0.2) is 37.3 Å². The molecule has 3 rings (SSSR count). The highest BCUT2D eigenvalue weighted by atomic mass is 35.5. The molecule has 0 bridgehead atoms. The lowest BCUT2D eigenvalue weighted by Crippen LogP contribution is -2.25. The maximum atomic E-state index is 11.7. The first-order valence-electron chi connectivity index (χ1n) is 9.98. The van der Waals surface area contributed by atoms with Crippen LogP contribution in [0.1, 0.15) is 36.0 Å². The summed E-state index contributed by atoms with van der Waals surface area (Å²) in [6, 6.07) is 14.9. The summed E-state index contributed by atoms with van der Waals surface area (Å²) in [5.74, 6) is -0.183. The number of hydrogen-bond acceptors (Lipinski definition) is 7. The van der Waals surface area contributed by atoms with Gasteiger partial charge in [0.1, 0.15) is 32.2 Å². The fourth-order valence-corrected chi connectivity index (χ4v) is 3.64. The van der Waals surface area contributed by atoms with Gasteiger partial charge < -0.3 is 20.2 Å². The van der Waals surface area contributed by atoms with Crippen molar-refractivity contribution in [1.82, 2.24) is 0 Å². The Morgan fingerprint density at radius 1 is 1.06 bits per heavy atom. The van der Waals surface area contributed by atoms with Crippen LogP contribution in [0.5, 0.6) is 0 Å². The summed E-state index contributed by atoms with van der Waals surface area (Å²) in [6.07, 6.45) is 0.939. The normalized spacial score (nSPS) is 18.8. The van der Waals surface area contributed by atoms with Gasteiger partial charge in [-0.25, -0.2) is 0 Å². The van der Waals surface area contributed by atoms with Crippen molar-refractivity contribution in [2.24, 2.45) is 27.1 Å². The van der Waals surface area contributed by atoms with Gasteiger partial charge in [0.05, 0.1) is 0 Å². The predicted molar refractivity (Wildman–Crippen MR) is 124 cm³/mol. The summed E-state index contributed by atoms with van der Waals surface area (Å²) in [5.41, 5.74) is 9.20. The van der Waals surface area contributed by atoms with Crippen molar-refractivity contribution in [2.45, 2.75) is 25.9 Å². The van der Waals surface area contributed by atoms with Crippen molar-refractivity contribution in [1.29, 1.82) is 0 Å². The van der Waals surface area contributed by atoms with Crippen molar-refractivity contribution in [2.75, 3.05) is 14.2 Å². The van der Waals surface area contributed by atoms with Crippen LogP contribution in [0, 0.1) is 5.92 Å². The first-order chi connectivity index (χ1) is 15.5. The van der Waals surface area contributed by atoms with Gasteiger partial charge in [-0.05, 0) is 37.0 Å². The summed E-state index contributed by atoms with van der Waals surface area (Å²) in [6.45, 7) is 1.93. The fourth-order valence-electron chi connectivity index (χ4n) is 3.52.